The number of aryl methyl sites for hydroxylation is 1. The van der Waals surface area contributed by atoms with E-state index in [1.165, 1.54) is 0 Å². The van der Waals surface area contributed by atoms with Crippen LogP contribution in [0.15, 0.2) is 24.3 Å². The molecule has 0 aromatic heterocycles. The molecule has 1 aromatic rings. The van der Waals surface area contributed by atoms with E-state index in [1.807, 2.05) is 31.2 Å². The summed E-state index contributed by atoms with van der Waals surface area (Å²) >= 11 is 0. The first-order valence-corrected chi connectivity index (χ1v) is 4.47. The van der Waals surface area contributed by atoms with E-state index < -0.39 is 6.04 Å². The van der Waals surface area contributed by atoms with Crippen LogP contribution in [0.25, 0.3) is 0 Å². The van der Waals surface area contributed by atoms with Crippen molar-refractivity contribution in [1.29, 1.82) is 0 Å². The number of rotatable bonds is 3. The maximum Gasteiger partial charge on any atom is 0.242 e. The number of nitrogens with two attached hydrogens (primary N) is 2. The molecule has 0 saturated carbocycles. The molecule has 0 heterocycles. The first kappa shape index (κ1) is 10.7. The Morgan fingerprint density at radius 3 is 2.71 bits per heavy atom. The number of carbonyl (C=O) groups excluding carboxylic acids is 1. The summed E-state index contributed by atoms with van der Waals surface area (Å²) in [6.45, 7) is 2.07. The zero-order chi connectivity index (χ0) is 10.6. The fourth-order valence-corrected chi connectivity index (χ4v) is 1.05. The van der Waals surface area contributed by atoms with E-state index in [2.05, 4.69) is 5.32 Å². The van der Waals surface area contributed by atoms with Crippen LogP contribution < -0.4 is 16.8 Å². The number of carbonyl (C=O) groups is 1. The van der Waals surface area contributed by atoms with Gasteiger partial charge in [-0.05, 0) is 18.6 Å². The number of hydrogen-bond acceptors (Lipinski definition) is 3. The molecule has 0 spiro atoms. The van der Waals surface area contributed by atoms with E-state index >= 15 is 0 Å². The van der Waals surface area contributed by atoms with E-state index in [0.29, 0.717) is 0 Å². The molecule has 5 N–H and O–H groups in total. The quantitative estimate of drug-likeness (QED) is 0.642. The number of anilines is 1. The van der Waals surface area contributed by atoms with Crippen molar-refractivity contribution in [1.82, 2.24) is 0 Å². The number of benzene rings is 1. The maximum absolute atomic E-state index is 11.4. The van der Waals surface area contributed by atoms with Crippen LogP contribution in [-0.4, -0.2) is 18.5 Å². The van der Waals surface area contributed by atoms with Gasteiger partial charge in [0, 0.05) is 12.2 Å². The van der Waals surface area contributed by atoms with Crippen molar-refractivity contribution < 1.29 is 4.79 Å². The molecule has 0 aliphatic heterocycles. The van der Waals surface area contributed by atoms with Crippen LogP contribution in [-0.2, 0) is 4.79 Å². The fourth-order valence-electron chi connectivity index (χ4n) is 1.05. The van der Waals surface area contributed by atoms with Crippen molar-refractivity contribution in [3.8, 4) is 0 Å². The molecule has 0 fully saturated rings. The highest BCUT2D eigenvalue weighted by molar-refractivity contribution is 5.95. The van der Waals surface area contributed by atoms with E-state index in [4.69, 9.17) is 11.5 Å². The standard InChI is InChI=1S/C10H15N3O/c1-7-4-2-3-5-9(7)13-10(14)8(12)6-11/h2-5,8H,6,11-12H2,1H3,(H,13,14). The van der Waals surface area contributed by atoms with Crippen LogP contribution in [0.1, 0.15) is 5.56 Å². The Kier molecular flexibility index (Phi) is 3.62. The van der Waals surface area contributed by atoms with Crippen molar-refractivity contribution >= 4 is 11.6 Å². The fraction of sp³-hybridized carbons (Fsp3) is 0.300. The second kappa shape index (κ2) is 4.74. The van der Waals surface area contributed by atoms with Gasteiger partial charge in [-0.25, -0.2) is 0 Å². The molecule has 0 saturated heterocycles. The third-order valence-corrected chi connectivity index (χ3v) is 1.99. The number of nitrogens with one attached hydrogen (secondary N) is 1. The van der Waals surface area contributed by atoms with Gasteiger partial charge in [0.05, 0.1) is 6.04 Å². The van der Waals surface area contributed by atoms with Crippen LogP contribution >= 0.6 is 0 Å². The summed E-state index contributed by atoms with van der Waals surface area (Å²) in [6, 6.07) is 6.87. The molecule has 0 aliphatic rings. The molecule has 1 unspecified atom stereocenters. The summed E-state index contributed by atoms with van der Waals surface area (Å²) in [5, 5.41) is 2.72. The Balaban J connectivity index is 2.70. The van der Waals surface area contributed by atoms with Crippen molar-refractivity contribution in [3.05, 3.63) is 29.8 Å². The van der Waals surface area contributed by atoms with Crippen LogP contribution in [0.3, 0.4) is 0 Å². The molecule has 1 aromatic carbocycles. The maximum atomic E-state index is 11.4. The summed E-state index contributed by atoms with van der Waals surface area (Å²) in [6.07, 6.45) is 0. The highest BCUT2D eigenvalue weighted by atomic mass is 16.2. The summed E-state index contributed by atoms with van der Waals surface area (Å²) in [4.78, 5) is 11.4. The predicted octanol–water partition coefficient (Wildman–Crippen LogP) is 0.220. The van der Waals surface area contributed by atoms with Gasteiger partial charge in [0.15, 0.2) is 0 Å². The minimum absolute atomic E-state index is 0.151. The number of hydrogen-bond donors (Lipinski definition) is 3. The number of amides is 1. The van der Waals surface area contributed by atoms with Gasteiger partial charge < -0.3 is 16.8 Å². The molecule has 4 heteroatoms. The lowest BCUT2D eigenvalue weighted by Crippen LogP contribution is -2.41. The van der Waals surface area contributed by atoms with Gasteiger partial charge in [-0.1, -0.05) is 18.2 Å². The first-order chi connectivity index (χ1) is 6.65. The van der Waals surface area contributed by atoms with Gasteiger partial charge >= 0.3 is 0 Å². The van der Waals surface area contributed by atoms with Gasteiger partial charge in [0.1, 0.15) is 0 Å². The molecule has 0 aliphatic carbocycles. The van der Waals surface area contributed by atoms with Crippen LogP contribution in [0.5, 0.6) is 0 Å². The Bertz CT molecular complexity index is 325. The SMILES string of the molecule is Cc1ccccc1NC(=O)C(N)CN. The minimum atomic E-state index is -0.644. The Hall–Kier alpha value is -1.39. The van der Waals surface area contributed by atoms with Crippen molar-refractivity contribution in [2.45, 2.75) is 13.0 Å². The van der Waals surface area contributed by atoms with Gasteiger partial charge in [-0.3, -0.25) is 4.79 Å². The second-order valence-corrected chi connectivity index (χ2v) is 3.15. The lowest BCUT2D eigenvalue weighted by Gasteiger charge is -2.11. The average molecular weight is 193 g/mol. The average Bonchev–Trinajstić information content (AvgIpc) is 2.20. The van der Waals surface area contributed by atoms with Gasteiger partial charge in [0.25, 0.3) is 0 Å². The van der Waals surface area contributed by atoms with Crippen LogP contribution in [0.4, 0.5) is 5.69 Å². The smallest absolute Gasteiger partial charge is 0.242 e. The molecule has 1 atom stereocenters. The summed E-state index contributed by atoms with van der Waals surface area (Å²) in [5.74, 6) is -0.248. The first-order valence-electron chi connectivity index (χ1n) is 4.47. The summed E-state index contributed by atoms with van der Waals surface area (Å²) in [5.41, 5.74) is 12.5. The molecule has 0 bridgehead atoms. The van der Waals surface area contributed by atoms with Crippen LogP contribution in [0.2, 0.25) is 0 Å². The van der Waals surface area contributed by atoms with Crippen molar-refractivity contribution in [3.63, 3.8) is 0 Å². The van der Waals surface area contributed by atoms with Gasteiger partial charge in [-0.15, -0.1) is 0 Å². The van der Waals surface area contributed by atoms with Crippen molar-refractivity contribution in [2.24, 2.45) is 11.5 Å². The normalized spacial score (nSPS) is 12.2. The Morgan fingerprint density at radius 2 is 2.14 bits per heavy atom. The molecule has 14 heavy (non-hydrogen) atoms. The molecule has 0 radical (unpaired) electrons. The van der Waals surface area contributed by atoms with Crippen LogP contribution in [0, 0.1) is 6.92 Å². The van der Waals surface area contributed by atoms with Crippen molar-refractivity contribution in [2.75, 3.05) is 11.9 Å². The zero-order valence-corrected chi connectivity index (χ0v) is 8.16. The zero-order valence-electron chi connectivity index (χ0n) is 8.16. The Labute approximate surface area is 83.3 Å². The largest absolute Gasteiger partial charge is 0.328 e. The monoisotopic (exact) mass is 193 g/mol. The third kappa shape index (κ3) is 2.55. The van der Waals surface area contributed by atoms with E-state index in [1.54, 1.807) is 0 Å². The highest BCUT2D eigenvalue weighted by Gasteiger charge is 2.11. The molecule has 1 amide bonds. The predicted molar refractivity (Wildman–Crippen MR) is 56.8 cm³/mol. The van der Waals surface area contributed by atoms with E-state index in [-0.39, 0.29) is 12.5 Å². The minimum Gasteiger partial charge on any atom is -0.328 e. The number of para-hydroxylation sites is 1. The lowest BCUT2D eigenvalue weighted by atomic mass is 10.2. The second-order valence-electron chi connectivity index (χ2n) is 3.15. The molecule has 4 nitrogen and oxygen atoms in total. The van der Waals surface area contributed by atoms with E-state index in [9.17, 15) is 4.79 Å². The lowest BCUT2D eigenvalue weighted by molar-refractivity contribution is -0.117. The third-order valence-electron chi connectivity index (χ3n) is 1.99. The van der Waals surface area contributed by atoms with E-state index in [0.717, 1.165) is 11.3 Å². The summed E-state index contributed by atoms with van der Waals surface area (Å²) in [7, 11) is 0. The summed E-state index contributed by atoms with van der Waals surface area (Å²) < 4.78 is 0. The van der Waals surface area contributed by atoms with Gasteiger partial charge in [0.2, 0.25) is 5.91 Å². The highest BCUT2D eigenvalue weighted by Crippen LogP contribution is 2.12. The molecular weight excluding hydrogens is 178 g/mol. The van der Waals surface area contributed by atoms with Gasteiger partial charge in [-0.2, -0.15) is 0 Å². The topological polar surface area (TPSA) is 81.1 Å². The molecule has 76 valence electrons. The molecule has 1 rings (SSSR count). The molecular formula is C10H15N3O. The Morgan fingerprint density at radius 1 is 1.50 bits per heavy atom.